The van der Waals surface area contributed by atoms with Gasteiger partial charge in [-0.05, 0) is 42.3 Å². The molecule has 3 rings (SSSR count). The molecule has 0 spiro atoms. The van der Waals surface area contributed by atoms with Crippen molar-refractivity contribution in [2.45, 2.75) is 32.3 Å². The molecule has 0 amide bonds. The third-order valence-electron chi connectivity index (χ3n) is 4.61. The van der Waals surface area contributed by atoms with Gasteiger partial charge in [0.1, 0.15) is 23.7 Å². The van der Waals surface area contributed by atoms with Crippen molar-refractivity contribution in [3.8, 4) is 11.5 Å². The third-order valence-corrected chi connectivity index (χ3v) is 4.61. The van der Waals surface area contributed by atoms with E-state index in [1.54, 1.807) is 7.11 Å². The highest BCUT2D eigenvalue weighted by molar-refractivity contribution is 5.26. The normalized spacial score (nSPS) is 12.9. The standard InChI is InChI=1S/C25H28O4/c1-20(29-24-11-7-4-8-12-24)25(19-27-17-21-9-5-3-6-10-21)28-18-22-13-15-23(26-2)16-14-22/h3-16,20,25H,17-19H2,1-2H3/t20-,25?/m0/s1. The zero-order chi connectivity index (χ0) is 20.3. The molecule has 0 bridgehead atoms. The lowest BCUT2D eigenvalue weighted by Crippen LogP contribution is -2.35. The van der Waals surface area contributed by atoms with Gasteiger partial charge in [-0.2, -0.15) is 0 Å². The molecule has 0 aliphatic carbocycles. The summed E-state index contributed by atoms with van der Waals surface area (Å²) in [5.41, 5.74) is 2.21. The van der Waals surface area contributed by atoms with E-state index in [-0.39, 0.29) is 12.2 Å². The number of para-hydroxylation sites is 1. The fourth-order valence-corrected chi connectivity index (χ4v) is 2.90. The molecule has 0 radical (unpaired) electrons. The number of hydrogen-bond acceptors (Lipinski definition) is 4. The zero-order valence-electron chi connectivity index (χ0n) is 17.0. The molecule has 1 unspecified atom stereocenters. The molecule has 3 aromatic carbocycles. The van der Waals surface area contributed by atoms with Gasteiger partial charge in [-0.15, -0.1) is 0 Å². The summed E-state index contributed by atoms with van der Waals surface area (Å²) in [6, 6.07) is 27.8. The van der Waals surface area contributed by atoms with Crippen molar-refractivity contribution >= 4 is 0 Å². The van der Waals surface area contributed by atoms with Crippen molar-refractivity contribution in [1.29, 1.82) is 0 Å². The molecule has 0 saturated heterocycles. The molecule has 4 nitrogen and oxygen atoms in total. The van der Waals surface area contributed by atoms with Crippen LogP contribution in [-0.4, -0.2) is 25.9 Å². The van der Waals surface area contributed by atoms with Crippen molar-refractivity contribution < 1.29 is 18.9 Å². The first-order valence-corrected chi connectivity index (χ1v) is 9.82. The molecule has 0 aliphatic rings. The van der Waals surface area contributed by atoms with Gasteiger partial charge in [0, 0.05) is 0 Å². The minimum Gasteiger partial charge on any atom is -0.497 e. The third kappa shape index (κ3) is 6.93. The molecular weight excluding hydrogens is 364 g/mol. The van der Waals surface area contributed by atoms with E-state index in [1.807, 2.05) is 79.7 Å². The van der Waals surface area contributed by atoms with Gasteiger partial charge < -0.3 is 18.9 Å². The summed E-state index contributed by atoms with van der Waals surface area (Å²) in [4.78, 5) is 0. The van der Waals surface area contributed by atoms with Crippen molar-refractivity contribution in [2.24, 2.45) is 0 Å². The molecule has 2 atom stereocenters. The van der Waals surface area contributed by atoms with Gasteiger partial charge in [0.15, 0.2) is 0 Å². The van der Waals surface area contributed by atoms with Gasteiger partial charge in [0.25, 0.3) is 0 Å². The summed E-state index contributed by atoms with van der Waals surface area (Å²) in [6.45, 7) is 3.48. The van der Waals surface area contributed by atoms with Gasteiger partial charge >= 0.3 is 0 Å². The Morgan fingerprint density at radius 1 is 0.690 bits per heavy atom. The summed E-state index contributed by atoms with van der Waals surface area (Å²) in [5, 5.41) is 0. The highest BCUT2D eigenvalue weighted by atomic mass is 16.6. The molecule has 0 heterocycles. The monoisotopic (exact) mass is 392 g/mol. The number of methoxy groups -OCH3 is 1. The maximum Gasteiger partial charge on any atom is 0.124 e. The Balaban J connectivity index is 1.59. The lowest BCUT2D eigenvalue weighted by Gasteiger charge is -2.25. The van der Waals surface area contributed by atoms with Crippen LogP contribution in [-0.2, 0) is 22.7 Å². The molecular formula is C25H28O4. The molecule has 0 aliphatic heterocycles. The van der Waals surface area contributed by atoms with Crippen molar-refractivity contribution in [3.05, 3.63) is 96.1 Å². The lowest BCUT2D eigenvalue weighted by atomic mass is 10.2. The van der Waals surface area contributed by atoms with E-state index in [2.05, 4.69) is 12.1 Å². The van der Waals surface area contributed by atoms with Crippen LogP contribution in [0.1, 0.15) is 18.1 Å². The Morgan fingerprint density at radius 2 is 1.31 bits per heavy atom. The van der Waals surface area contributed by atoms with Gasteiger partial charge in [-0.3, -0.25) is 0 Å². The van der Waals surface area contributed by atoms with E-state index in [4.69, 9.17) is 18.9 Å². The predicted molar refractivity (Wildman–Crippen MR) is 114 cm³/mol. The minimum absolute atomic E-state index is 0.161. The number of benzene rings is 3. The van der Waals surface area contributed by atoms with Crippen molar-refractivity contribution in [1.82, 2.24) is 0 Å². The van der Waals surface area contributed by atoms with E-state index < -0.39 is 0 Å². The summed E-state index contributed by atoms with van der Waals surface area (Å²) in [6.07, 6.45) is -0.368. The van der Waals surface area contributed by atoms with Gasteiger partial charge in [-0.1, -0.05) is 60.7 Å². The van der Waals surface area contributed by atoms with Crippen LogP contribution >= 0.6 is 0 Å². The maximum atomic E-state index is 6.18. The van der Waals surface area contributed by atoms with Gasteiger partial charge in [0.2, 0.25) is 0 Å². The molecule has 29 heavy (non-hydrogen) atoms. The van der Waals surface area contributed by atoms with Gasteiger partial charge in [0.05, 0.1) is 26.9 Å². The first-order valence-electron chi connectivity index (χ1n) is 9.82. The maximum absolute atomic E-state index is 6.18. The molecule has 0 fully saturated rings. The first-order chi connectivity index (χ1) is 14.2. The second-order valence-electron chi connectivity index (χ2n) is 6.83. The Morgan fingerprint density at radius 3 is 1.97 bits per heavy atom. The van der Waals surface area contributed by atoms with Crippen LogP contribution in [0.25, 0.3) is 0 Å². The Hall–Kier alpha value is -2.82. The van der Waals surface area contributed by atoms with Crippen molar-refractivity contribution in [2.75, 3.05) is 13.7 Å². The topological polar surface area (TPSA) is 36.9 Å². The first kappa shape index (κ1) is 20.9. The SMILES string of the molecule is COc1ccc(COC(COCc2ccccc2)[C@H](C)Oc2ccccc2)cc1. The lowest BCUT2D eigenvalue weighted by molar-refractivity contribution is -0.0760. The second kappa shape index (κ2) is 11.2. The van der Waals surface area contributed by atoms with E-state index in [1.165, 1.54) is 0 Å². The van der Waals surface area contributed by atoms with Crippen LogP contribution in [0.3, 0.4) is 0 Å². The molecule has 152 valence electrons. The van der Waals surface area contributed by atoms with Crippen LogP contribution in [0.15, 0.2) is 84.9 Å². The van der Waals surface area contributed by atoms with Crippen molar-refractivity contribution in [3.63, 3.8) is 0 Å². The van der Waals surface area contributed by atoms with E-state index >= 15 is 0 Å². The van der Waals surface area contributed by atoms with E-state index in [0.717, 1.165) is 22.6 Å². The quantitative estimate of drug-likeness (QED) is 0.446. The molecule has 0 aromatic heterocycles. The summed E-state index contributed by atoms with van der Waals surface area (Å²) < 4.78 is 23.4. The van der Waals surface area contributed by atoms with Gasteiger partial charge in [-0.25, -0.2) is 0 Å². The number of rotatable bonds is 11. The average molecular weight is 392 g/mol. The zero-order valence-corrected chi connectivity index (χ0v) is 17.0. The highest BCUT2D eigenvalue weighted by Crippen LogP contribution is 2.17. The van der Waals surface area contributed by atoms with Crippen LogP contribution in [0, 0.1) is 0 Å². The minimum atomic E-state index is -0.207. The fourth-order valence-electron chi connectivity index (χ4n) is 2.90. The Kier molecular flexibility index (Phi) is 8.11. The summed E-state index contributed by atoms with van der Waals surface area (Å²) in [7, 11) is 1.66. The molecule has 0 N–H and O–H groups in total. The predicted octanol–water partition coefficient (Wildman–Crippen LogP) is 5.26. The van der Waals surface area contributed by atoms with Crippen LogP contribution in [0.5, 0.6) is 11.5 Å². The van der Waals surface area contributed by atoms with E-state index in [0.29, 0.717) is 19.8 Å². The fraction of sp³-hybridized carbons (Fsp3) is 0.280. The largest absolute Gasteiger partial charge is 0.497 e. The number of ether oxygens (including phenoxy) is 4. The molecule has 0 saturated carbocycles. The summed E-state index contributed by atoms with van der Waals surface area (Å²) in [5.74, 6) is 1.65. The van der Waals surface area contributed by atoms with E-state index in [9.17, 15) is 0 Å². The smallest absolute Gasteiger partial charge is 0.124 e. The van der Waals surface area contributed by atoms with Crippen LogP contribution in [0.4, 0.5) is 0 Å². The number of hydrogen-bond donors (Lipinski definition) is 0. The molecule has 3 aromatic rings. The Labute approximate surface area is 173 Å². The summed E-state index contributed by atoms with van der Waals surface area (Å²) >= 11 is 0. The van der Waals surface area contributed by atoms with Crippen LogP contribution < -0.4 is 9.47 Å². The highest BCUT2D eigenvalue weighted by Gasteiger charge is 2.20. The molecule has 4 heteroatoms. The average Bonchev–Trinajstić information content (AvgIpc) is 2.78. The second-order valence-corrected chi connectivity index (χ2v) is 6.83. The Bertz CT molecular complexity index is 818. The van der Waals surface area contributed by atoms with Crippen LogP contribution in [0.2, 0.25) is 0 Å².